The summed E-state index contributed by atoms with van der Waals surface area (Å²) < 4.78 is 1.64. The van der Waals surface area contributed by atoms with Gasteiger partial charge in [-0.2, -0.15) is 5.10 Å². The molecule has 5 heteroatoms. The van der Waals surface area contributed by atoms with Gasteiger partial charge in [-0.1, -0.05) is 19.8 Å². The van der Waals surface area contributed by atoms with E-state index in [1.165, 1.54) is 19.3 Å². The number of fused-ring (bicyclic) bond motifs is 1. The van der Waals surface area contributed by atoms with Crippen LogP contribution in [-0.4, -0.2) is 38.5 Å². The molecule has 0 bridgehead atoms. The van der Waals surface area contributed by atoms with Gasteiger partial charge in [-0.3, -0.25) is 4.79 Å². The summed E-state index contributed by atoms with van der Waals surface area (Å²) in [6.45, 7) is 2.24. The minimum atomic E-state index is 0.0254. The van der Waals surface area contributed by atoms with Crippen molar-refractivity contribution < 1.29 is 4.79 Å². The number of aromatic nitrogens is 3. The highest BCUT2D eigenvalue weighted by molar-refractivity contribution is 5.99. The van der Waals surface area contributed by atoms with Gasteiger partial charge in [0.25, 0.3) is 5.91 Å². The molecule has 5 nitrogen and oxygen atoms in total. The number of hydrogen-bond acceptors (Lipinski definition) is 3. The molecule has 1 aliphatic rings. The second-order valence-electron chi connectivity index (χ2n) is 5.69. The van der Waals surface area contributed by atoms with Crippen molar-refractivity contribution in [3.8, 4) is 0 Å². The molecule has 0 aliphatic heterocycles. The van der Waals surface area contributed by atoms with Crippen LogP contribution in [0.1, 0.15) is 43.0 Å². The van der Waals surface area contributed by atoms with E-state index in [9.17, 15) is 4.79 Å². The van der Waals surface area contributed by atoms with E-state index >= 15 is 0 Å². The third-order valence-electron chi connectivity index (χ3n) is 4.39. The Hall–Kier alpha value is -1.91. The maximum atomic E-state index is 12.7. The maximum absolute atomic E-state index is 12.7. The summed E-state index contributed by atoms with van der Waals surface area (Å²) in [5, 5.41) is 4.19. The quantitative estimate of drug-likeness (QED) is 0.843. The SMILES string of the molecule is C[C@H]1CCCC[C@H]1N(C)C(=O)c1cnn2cccnc12. The first-order valence-corrected chi connectivity index (χ1v) is 7.24. The summed E-state index contributed by atoms with van der Waals surface area (Å²) in [5.74, 6) is 0.588. The van der Waals surface area contributed by atoms with E-state index in [0.29, 0.717) is 23.2 Å². The third-order valence-corrected chi connectivity index (χ3v) is 4.39. The molecule has 0 saturated heterocycles. The monoisotopic (exact) mass is 272 g/mol. The van der Waals surface area contributed by atoms with Gasteiger partial charge in [-0.05, 0) is 24.8 Å². The molecule has 0 spiro atoms. The van der Waals surface area contributed by atoms with E-state index in [-0.39, 0.29) is 5.91 Å². The largest absolute Gasteiger partial charge is 0.338 e. The van der Waals surface area contributed by atoms with E-state index in [4.69, 9.17) is 0 Å². The number of amides is 1. The van der Waals surface area contributed by atoms with Crippen molar-refractivity contribution in [3.05, 3.63) is 30.2 Å². The normalized spacial score (nSPS) is 22.9. The lowest BCUT2D eigenvalue weighted by atomic mass is 9.85. The van der Waals surface area contributed by atoms with Crippen molar-refractivity contribution in [1.29, 1.82) is 0 Å². The zero-order valence-corrected chi connectivity index (χ0v) is 12.0. The van der Waals surface area contributed by atoms with E-state index in [1.807, 2.05) is 18.1 Å². The predicted octanol–water partition coefficient (Wildman–Crippen LogP) is 2.38. The lowest BCUT2D eigenvalue weighted by Gasteiger charge is -2.36. The topological polar surface area (TPSA) is 50.5 Å². The fourth-order valence-corrected chi connectivity index (χ4v) is 3.19. The van der Waals surface area contributed by atoms with Gasteiger partial charge in [0.05, 0.1) is 6.20 Å². The summed E-state index contributed by atoms with van der Waals surface area (Å²) in [6.07, 6.45) is 9.90. The minimum Gasteiger partial charge on any atom is -0.338 e. The summed E-state index contributed by atoms with van der Waals surface area (Å²) in [5.41, 5.74) is 1.22. The zero-order valence-electron chi connectivity index (χ0n) is 12.0. The van der Waals surface area contributed by atoms with E-state index in [0.717, 1.165) is 6.42 Å². The van der Waals surface area contributed by atoms with Crippen molar-refractivity contribution in [3.63, 3.8) is 0 Å². The molecular formula is C15H20N4O. The van der Waals surface area contributed by atoms with Crippen LogP contribution in [0, 0.1) is 5.92 Å². The molecule has 0 radical (unpaired) electrons. The Morgan fingerprint density at radius 1 is 1.40 bits per heavy atom. The first kappa shape index (κ1) is 13.1. The third kappa shape index (κ3) is 2.17. The molecular weight excluding hydrogens is 252 g/mol. The van der Waals surface area contributed by atoms with Crippen molar-refractivity contribution >= 4 is 11.6 Å². The maximum Gasteiger partial charge on any atom is 0.259 e. The van der Waals surface area contributed by atoms with E-state index in [1.54, 1.807) is 23.0 Å². The van der Waals surface area contributed by atoms with Gasteiger partial charge in [0, 0.05) is 25.5 Å². The van der Waals surface area contributed by atoms with Crippen molar-refractivity contribution in [2.75, 3.05) is 7.05 Å². The zero-order chi connectivity index (χ0) is 14.1. The lowest BCUT2D eigenvalue weighted by molar-refractivity contribution is 0.0630. The van der Waals surface area contributed by atoms with Crippen molar-refractivity contribution in [2.45, 2.75) is 38.6 Å². The molecule has 2 heterocycles. The number of hydrogen-bond donors (Lipinski definition) is 0. The first-order valence-electron chi connectivity index (χ1n) is 7.24. The van der Waals surface area contributed by atoms with Gasteiger partial charge in [-0.15, -0.1) is 0 Å². The first-order chi connectivity index (χ1) is 9.68. The van der Waals surface area contributed by atoms with Gasteiger partial charge >= 0.3 is 0 Å². The number of nitrogens with zero attached hydrogens (tertiary/aromatic N) is 4. The Balaban J connectivity index is 1.88. The average Bonchev–Trinajstić information content (AvgIpc) is 2.90. The van der Waals surface area contributed by atoms with Crippen LogP contribution in [0.5, 0.6) is 0 Å². The Kier molecular flexibility index (Phi) is 3.42. The number of rotatable bonds is 2. The molecule has 1 saturated carbocycles. The average molecular weight is 272 g/mol. The van der Waals surface area contributed by atoms with Crippen LogP contribution in [0.15, 0.2) is 24.7 Å². The lowest BCUT2D eigenvalue weighted by Crippen LogP contribution is -2.42. The van der Waals surface area contributed by atoms with Crippen LogP contribution in [0.4, 0.5) is 0 Å². The fourth-order valence-electron chi connectivity index (χ4n) is 3.19. The van der Waals surface area contributed by atoms with Crippen molar-refractivity contribution in [1.82, 2.24) is 19.5 Å². The molecule has 0 unspecified atom stereocenters. The van der Waals surface area contributed by atoms with Gasteiger partial charge in [0.1, 0.15) is 5.56 Å². The minimum absolute atomic E-state index is 0.0254. The Bertz CT molecular complexity index is 621. The van der Waals surface area contributed by atoms with Crippen LogP contribution >= 0.6 is 0 Å². The molecule has 1 aliphatic carbocycles. The Labute approximate surface area is 118 Å². The molecule has 2 aromatic heterocycles. The molecule has 106 valence electrons. The summed E-state index contributed by atoms with van der Waals surface area (Å²) >= 11 is 0. The van der Waals surface area contributed by atoms with Crippen molar-refractivity contribution in [2.24, 2.45) is 5.92 Å². The molecule has 2 aromatic rings. The fraction of sp³-hybridized carbons (Fsp3) is 0.533. The highest BCUT2D eigenvalue weighted by atomic mass is 16.2. The summed E-state index contributed by atoms with van der Waals surface area (Å²) in [6, 6.07) is 2.14. The number of carbonyl (C=O) groups is 1. The van der Waals surface area contributed by atoms with Crippen LogP contribution < -0.4 is 0 Å². The molecule has 3 rings (SSSR count). The molecule has 0 N–H and O–H groups in total. The van der Waals surface area contributed by atoms with E-state index < -0.39 is 0 Å². The molecule has 2 atom stereocenters. The van der Waals surface area contributed by atoms with Crippen LogP contribution in [-0.2, 0) is 0 Å². The summed E-state index contributed by atoms with van der Waals surface area (Å²) in [7, 11) is 1.90. The molecule has 0 aromatic carbocycles. The van der Waals surface area contributed by atoms with Crippen LogP contribution in [0.25, 0.3) is 5.65 Å². The molecule has 1 amide bonds. The van der Waals surface area contributed by atoms with Crippen LogP contribution in [0.2, 0.25) is 0 Å². The summed E-state index contributed by atoms with van der Waals surface area (Å²) in [4.78, 5) is 18.8. The second kappa shape index (κ2) is 5.23. The number of carbonyl (C=O) groups excluding carboxylic acids is 1. The van der Waals surface area contributed by atoms with Crippen LogP contribution in [0.3, 0.4) is 0 Å². The highest BCUT2D eigenvalue weighted by Gasteiger charge is 2.29. The predicted molar refractivity (Wildman–Crippen MR) is 76.5 cm³/mol. The molecule has 1 fully saturated rings. The van der Waals surface area contributed by atoms with Gasteiger partial charge in [0.15, 0.2) is 5.65 Å². The second-order valence-corrected chi connectivity index (χ2v) is 5.69. The Morgan fingerprint density at radius 2 is 2.20 bits per heavy atom. The molecule has 20 heavy (non-hydrogen) atoms. The van der Waals surface area contributed by atoms with Gasteiger partial charge < -0.3 is 4.90 Å². The van der Waals surface area contributed by atoms with E-state index in [2.05, 4.69) is 17.0 Å². The highest BCUT2D eigenvalue weighted by Crippen LogP contribution is 2.28. The van der Waals surface area contributed by atoms with Gasteiger partial charge in [0.2, 0.25) is 0 Å². The smallest absolute Gasteiger partial charge is 0.259 e. The standard InChI is InChI=1S/C15H20N4O/c1-11-6-3-4-7-13(11)18(2)15(20)12-10-17-19-9-5-8-16-14(12)19/h5,8-11,13H,3-4,6-7H2,1-2H3/t11-,13+/m0/s1. The van der Waals surface area contributed by atoms with Gasteiger partial charge in [-0.25, -0.2) is 9.50 Å². The Morgan fingerprint density at radius 3 is 3.00 bits per heavy atom.